The van der Waals surface area contributed by atoms with E-state index in [1.807, 2.05) is 0 Å². The molecule has 0 amide bonds. The average Bonchev–Trinajstić information content (AvgIpc) is 2.70. The molecule has 17 heavy (non-hydrogen) atoms. The molecule has 2 rings (SSSR count). The lowest BCUT2D eigenvalue weighted by molar-refractivity contribution is 0.123. The number of nitrogens with zero attached hydrogens (tertiary/aromatic N) is 1. The summed E-state index contributed by atoms with van der Waals surface area (Å²) in [7, 11) is -2.91. The van der Waals surface area contributed by atoms with E-state index >= 15 is 0 Å². The lowest BCUT2D eigenvalue weighted by atomic mass is 9.93. The first kappa shape index (κ1) is 13.3. The van der Waals surface area contributed by atoms with Gasteiger partial charge in [-0.3, -0.25) is 4.90 Å². The third kappa shape index (κ3) is 2.83. The predicted molar refractivity (Wildman–Crippen MR) is 69.6 cm³/mol. The lowest BCUT2D eigenvalue weighted by Gasteiger charge is -2.40. The summed E-state index contributed by atoms with van der Waals surface area (Å²) in [5, 5.41) is -0.164. The molecule has 100 valence electrons. The summed E-state index contributed by atoms with van der Waals surface area (Å²) in [5.41, 5.74) is 6.10. The molecule has 0 bridgehead atoms. The van der Waals surface area contributed by atoms with Crippen LogP contribution in [0.2, 0.25) is 0 Å². The van der Waals surface area contributed by atoms with Gasteiger partial charge in [-0.2, -0.15) is 0 Å². The molecule has 1 heterocycles. The Balaban J connectivity index is 2.07. The zero-order valence-electron chi connectivity index (χ0n) is 10.8. The van der Waals surface area contributed by atoms with E-state index in [4.69, 9.17) is 5.73 Å². The van der Waals surface area contributed by atoms with Crippen molar-refractivity contribution in [2.24, 2.45) is 11.7 Å². The maximum absolute atomic E-state index is 11.8. The van der Waals surface area contributed by atoms with E-state index in [-0.39, 0.29) is 17.3 Å². The van der Waals surface area contributed by atoms with Crippen LogP contribution in [0.1, 0.15) is 32.6 Å². The smallest absolute Gasteiger partial charge is 0.151 e. The molecular weight excluding hydrogens is 236 g/mol. The van der Waals surface area contributed by atoms with Crippen molar-refractivity contribution >= 4 is 9.84 Å². The Morgan fingerprint density at radius 1 is 1.24 bits per heavy atom. The third-order valence-electron chi connectivity index (χ3n) is 4.48. The van der Waals surface area contributed by atoms with Gasteiger partial charge >= 0.3 is 0 Å². The molecule has 0 spiro atoms. The van der Waals surface area contributed by atoms with Gasteiger partial charge in [-0.25, -0.2) is 8.42 Å². The summed E-state index contributed by atoms with van der Waals surface area (Å²) in [5.74, 6) is 0.560. The van der Waals surface area contributed by atoms with Gasteiger partial charge in [0, 0.05) is 24.9 Å². The first-order valence-corrected chi connectivity index (χ1v) is 8.53. The van der Waals surface area contributed by atoms with E-state index < -0.39 is 9.84 Å². The minimum absolute atomic E-state index is 0.164. The highest BCUT2D eigenvalue weighted by atomic mass is 32.2. The molecule has 1 saturated carbocycles. The molecule has 0 radical (unpaired) electrons. The summed E-state index contributed by atoms with van der Waals surface area (Å²) < 4.78 is 23.5. The number of likely N-dealkylation sites (tertiary alicyclic amines) is 1. The molecule has 2 fully saturated rings. The van der Waals surface area contributed by atoms with Gasteiger partial charge in [0.05, 0.1) is 5.25 Å². The van der Waals surface area contributed by atoms with Crippen LogP contribution in [0, 0.1) is 5.92 Å². The van der Waals surface area contributed by atoms with Gasteiger partial charge in [-0.05, 0) is 31.7 Å². The Labute approximate surface area is 104 Å². The van der Waals surface area contributed by atoms with Crippen LogP contribution in [-0.2, 0) is 9.84 Å². The number of nitrogens with two attached hydrogens (primary N) is 1. The number of piperidine rings is 1. The standard InChI is InChI=1S/C12H24N2O2S/c1-9-6-7-14(8-10(9)13)11-4-3-5-12(11)17(2,15)16/h9-12H,3-8,13H2,1-2H3. The molecule has 2 N–H and O–H groups in total. The highest BCUT2D eigenvalue weighted by Gasteiger charge is 2.40. The van der Waals surface area contributed by atoms with Gasteiger partial charge in [0.1, 0.15) is 0 Å². The Hall–Kier alpha value is -0.130. The van der Waals surface area contributed by atoms with Gasteiger partial charge < -0.3 is 5.73 Å². The highest BCUT2D eigenvalue weighted by molar-refractivity contribution is 7.91. The molecule has 4 unspecified atom stereocenters. The zero-order valence-corrected chi connectivity index (χ0v) is 11.6. The van der Waals surface area contributed by atoms with Gasteiger partial charge in [0.15, 0.2) is 9.84 Å². The summed E-state index contributed by atoms with van der Waals surface area (Å²) >= 11 is 0. The number of rotatable bonds is 2. The van der Waals surface area contributed by atoms with Crippen LogP contribution in [0.4, 0.5) is 0 Å². The molecule has 1 aliphatic heterocycles. The summed E-state index contributed by atoms with van der Waals surface area (Å²) in [6.45, 7) is 4.05. The van der Waals surface area contributed by atoms with Crippen LogP contribution >= 0.6 is 0 Å². The van der Waals surface area contributed by atoms with Crippen LogP contribution < -0.4 is 5.73 Å². The SMILES string of the molecule is CC1CCN(C2CCCC2S(C)(=O)=O)CC1N. The van der Waals surface area contributed by atoms with Gasteiger partial charge in [0.2, 0.25) is 0 Å². The predicted octanol–water partition coefficient (Wildman–Crippen LogP) is 0.621. The Bertz CT molecular complexity index is 369. The van der Waals surface area contributed by atoms with Crippen molar-refractivity contribution in [3.8, 4) is 0 Å². The van der Waals surface area contributed by atoms with E-state index in [0.717, 1.165) is 38.8 Å². The topological polar surface area (TPSA) is 63.4 Å². The van der Waals surface area contributed by atoms with Crippen LogP contribution in [-0.4, -0.2) is 50.0 Å². The van der Waals surface area contributed by atoms with Crippen LogP contribution in [0.5, 0.6) is 0 Å². The maximum atomic E-state index is 11.8. The van der Waals surface area contributed by atoms with Crippen molar-refractivity contribution in [2.45, 2.75) is 49.9 Å². The molecule has 2 aliphatic rings. The van der Waals surface area contributed by atoms with Gasteiger partial charge in [-0.1, -0.05) is 13.3 Å². The first-order chi connectivity index (χ1) is 7.89. The fourth-order valence-corrected chi connectivity index (χ4v) is 4.72. The quantitative estimate of drug-likeness (QED) is 0.790. The van der Waals surface area contributed by atoms with Gasteiger partial charge in [-0.15, -0.1) is 0 Å². The average molecular weight is 260 g/mol. The molecule has 4 nitrogen and oxygen atoms in total. The fraction of sp³-hybridized carbons (Fsp3) is 1.00. The maximum Gasteiger partial charge on any atom is 0.151 e. The normalized spacial score (nSPS) is 40.6. The minimum atomic E-state index is -2.91. The van der Waals surface area contributed by atoms with Crippen molar-refractivity contribution in [1.82, 2.24) is 4.90 Å². The number of hydrogen-bond acceptors (Lipinski definition) is 4. The molecule has 1 aliphatic carbocycles. The lowest BCUT2D eigenvalue weighted by Crippen LogP contribution is -2.54. The summed E-state index contributed by atoms with van der Waals surface area (Å²) in [6.07, 6.45) is 5.34. The molecule has 5 heteroatoms. The zero-order chi connectivity index (χ0) is 12.6. The second-order valence-electron chi connectivity index (χ2n) is 5.79. The third-order valence-corrected chi connectivity index (χ3v) is 6.13. The Morgan fingerprint density at radius 3 is 2.53 bits per heavy atom. The van der Waals surface area contributed by atoms with E-state index in [1.54, 1.807) is 0 Å². The summed E-state index contributed by atoms with van der Waals surface area (Å²) in [4.78, 5) is 2.32. The van der Waals surface area contributed by atoms with Crippen molar-refractivity contribution in [1.29, 1.82) is 0 Å². The molecule has 1 saturated heterocycles. The highest BCUT2D eigenvalue weighted by Crippen LogP contribution is 2.31. The second kappa shape index (κ2) is 4.86. The molecule has 0 aromatic carbocycles. The van der Waals surface area contributed by atoms with E-state index in [1.165, 1.54) is 6.26 Å². The first-order valence-electron chi connectivity index (χ1n) is 6.58. The van der Waals surface area contributed by atoms with Crippen LogP contribution in [0.25, 0.3) is 0 Å². The van der Waals surface area contributed by atoms with Crippen LogP contribution in [0.15, 0.2) is 0 Å². The minimum Gasteiger partial charge on any atom is -0.326 e. The molecule has 0 aromatic rings. The van der Waals surface area contributed by atoms with E-state index in [0.29, 0.717) is 5.92 Å². The van der Waals surface area contributed by atoms with Crippen LogP contribution in [0.3, 0.4) is 0 Å². The Morgan fingerprint density at radius 2 is 1.94 bits per heavy atom. The largest absolute Gasteiger partial charge is 0.326 e. The van der Waals surface area contributed by atoms with Crippen molar-refractivity contribution in [3.05, 3.63) is 0 Å². The second-order valence-corrected chi connectivity index (χ2v) is 8.06. The fourth-order valence-electron chi connectivity index (χ4n) is 3.25. The van der Waals surface area contributed by atoms with Gasteiger partial charge in [0.25, 0.3) is 0 Å². The van der Waals surface area contributed by atoms with Crippen molar-refractivity contribution in [3.63, 3.8) is 0 Å². The van der Waals surface area contributed by atoms with E-state index in [2.05, 4.69) is 11.8 Å². The molecular formula is C12H24N2O2S. The number of sulfone groups is 1. The Kier molecular flexibility index (Phi) is 3.80. The summed E-state index contributed by atoms with van der Waals surface area (Å²) in [6, 6.07) is 0.410. The van der Waals surface area contributed by atoms with E-state index in [9.17, 15) is 8.42 Å². The molecule has 0 aromatic heterocycles. The number of hydrogen-bond donors (Lipinski definition) is 1. The van der Waals surface area contributed by atoms with Crippen molar-refractivity contribution < 1.29 is 8.42 Å². The van der Waals surface area contributed by atoms with Crippen molar-refractivity contribution in [2.75, 3.05) is 19.3 Å². The molecule has 4 atom stereocenters. The monoisotopic (exact) mass is 260 g/mol.